The van der Waals surface area contributed by atoms with Crippen molar-refractivity contribution in [3.05, 3.63) is 41.6 Å². The lowest BCUT2D eigenvalue weighted by Gasteiger charge is -2.33. The molecule has 0 aliphatic carbocycles. The number of likely N-dealkylation sites (tertiary alicyclic amines) is 1. The molecule has 2 unspecified atom stereocenters. The van der Waals surface area contributed by atoms with Crippen molar-refractivity contribution in [2.45, 2.75) is 19.3 Å². The summed E-state index contributed by atoms with van der Waals surface area (Å²) >= 11 is 5.84. The highest BCUT2D eigenvalue weighted by Crippen LogP contribution is 2.37. The first-order valence-corrected chi connectivity index (χ1v) is 11.3. The number of ether oxygens (including phenoxy) is 2. The number of rotatable bonds is 4. The van der Waals surface area contributed by atoms with Crippen molar-refractivity contribution in [1.82, 2.24) is 9.88 Å². The average molecular weight is 471 g/mol. The number of piperidine rings is 1. The van der Waals surface area contributed by atoms with Gasteiger partial charge in [-0.05, 0) is 37.1 Å². The summed E-state index contributed by atoms with van der Waals surface area (Å²) in [5.41, 5.74) is 0.686. The first-order chi connectivity index (χ1) is 16.0. The number of benzene rings is 1. The Morgan fingerprint density at radius 3 is 2.76 bits per heavy atom. The number of anilines is 2. The van der Waals surface area contributed by atoms with Crippen LogP contribution in [0.2, 0.25) is 5.02 Å². The molecular weight excluding hydrogens is 448 g/mol. The summed E-state index contributed by atoms with van der Waals surface area (Å²) in [6.45, 7) is 1.37. The molecule has 3 aliphatic heterocycles. The first kappa shape index (κ1) is 21.5. The van der Waals surface area contributed by atoms with Gasteiger partial charge in [-0.1, -0.05) is 11.6 Å². The van der Waals surface area contributed by atoms with E-state index in [1.807, 2.05) is 0 Å². The standard InChI is InChI=1S/C23H23ClN4O5/c24-16-3-6-20(25-10-16)26-22(30)14-2-1-7-27(11-14)23(31)15-8-21(29)28(12-15)17-4-5-18-19(9-17)33-13-32-18/h3-6,9-10,14-15H,1-2,7-8,11-13H2,(H,25,26,30). The number of pyridine rings is 1. The lowest BCUT2D eigenvalue weighted by Crippen LogP contribution is -2.46. The SMILES string of the molecule is O=C(Nc1ccc(Cl)cn1)C1CCCN(C(=O)C2CC(=O)N(c3ccc4c(c3)OCO4)C2)C1. The van der Waals surface area contributed by atoms with E-state index in [9.17, 15) is 14.4 Å². The second-order valence-electron chi connectivity index (χ2n) is 8.42. The topological polar surface area (TPSA) is 101 Å². The maximum Gasteiger partial charge on any atom is 0.231 e. The van der Waals surface area contributed by atoms with Gasteiger partial charge in [0.25, 0.3) is 0 Å². The monoisotopic (exact) mass is 470 g/mol. The molecule has 9 nitrogen and oxygen atoms in total. The fourth-order valence-electron chi connectivity index (χ4n) is 4.50. The highest BCUT2D eigenvalue weighted by Gasteiger charge is 2.39. The molecular formula is C23H23ClN4O5. The second kappa shape index (κ2) is 8.90. The van der Waals surface area contributed by atoms with E-state index >= 15 is 0 Å². The van der Waals surface area contributed by atoms with E-state index in [0.29, 0.717) is 54.1 Å². The van der Waals surface area contributed by atoms with Crippen LogP contribution in [0.15, 0.2) is 36.5 Å². The molecule has 1 N–H and O–H groups in total. The smallest absolute Gasteiger partial charge is 0.231 e. The number of halogens is 1. The number of hydrogen-bond acceptors (Lipinski definition) is 6. The largest absolute Gasteiger partial charge is 0.454 e. The maximum atomic E-state index is 13.2. The minimum Gasteiger partial charge on any atom is -0.454 e. The molecule has 172 valence electrons. The molecule has 0 radical (unpaired) electrons. The molecule has 3 amide bonds. The van der Waals surface area contributed by atoms with Crippen LogP contribution in [0.4, 0.5) is 11.5 Å². The van der Waals surface area contributed by atoms with Crippen LogP contribution >= 0.6 is 11.6 Å². The number of amides is 3. The Labute approximate surface area is 195 Å². The van der Waals surface area contributed by atoms with Crippen LogP contribution in [0.1, 0.15) is 19.3 Å². The normalized spacial score (nSPS) is 21.9. The zero-order valence-corrected chi connectivity index (χ0v) is 18.6. The maximum absolute atomic E-state index is 13.2. The van der Waals surface area contributed by atoms with Crippen molar-refractivity contribution in [3.63, 3.8) is 0 Å². The van der Waals surface area contributed by atoms with E-state index in [4.69, 9.17) is 21.1 Å². The quantitative estimate of drug-likeness (QED) is 0.737. The Balaban J connectivity index is 1.21. The summed E-state index contributed by atoms with van der Waals surface area (Å²) < 4.78 is 10.7. The third-order valence-electron chi connectivity index (χ3n) is 6.22. The Bertz CT molecular complexity index is 1090. The number of carbonyl (C=O) groups excluding carboxylic acids is 3. The van der Waals surface area contributed by atoms with Crippen molar-refractivity contribution >= 4 is 40.8 Å². The van der Waals surface area contributed by atoms with E-state index in [1.165, 1.54) is 6.20 Å². The summed E-state index contributed by atoms with van der Waals surface area (Å²) in [6.07, 6.45) is 3.03. The van der Waals surface area contributed by atoms with Gasteiger partial charge in [-0.15, -0.1) is 0 Å². The molecule has 0 bridgehead atoms. The Morgan fingerprint density at radius 2 is 1.94 bits per heavy atom. The Hall–Kier alpha value is -3.33. The fourth-order valence-corrected chi connectivity index (χ4v) is 4.62. The third-order valence-corrected chi connectivity index (χ3v) is 6.45. The lowest BCUT2D eigenvalue weighted by atomic mass is 9.95. The molecule has 5 rings (SSSR count). The van der Waals surface area contributed by atoms with Gasteiger partial charge in [-0.25, -0.2) is 4.98 Å². The van der Waals surface area contributed by atoms with Gasteiger partial charge in [0.1, 0.15) is 5.82 Å². The lowest BCUT2D eigenvalue weighted by molar-refractivity contribution is -0.138. The van der Waals surface area contributed by atoms with E-state index in [-0.39, 0.29) is 36.9 Å². The summed E-state index contributed by atoms with van der Waals surface area (Å²) in [7, 11) is 0. The van der Waals surface area contributed by atoms with Gasteiger partial charge in [-0.2, -0.15) is 0 Å². The first-order valence-electron chi connectivity index (χ1n) is 10.9. The summed E-state index contributed by atoms with van der Waals surface area (Å²) in [5.74, 6) is 0.519. The highest BCUT2D eigenvalue weighted by molar-refractivity contribution is 6.30. The van der Waals surface area contributed by atoms with E-state index in [1.54, 1.807) is 40.1 Å². The van der Waals surface area contributed by atoms with Gasteiger partial charge in [0.15, 0.2) is 11.5 Å². The minimum atomic E-state index is -0.442. The van der Waals surface area contributed by atoms with Crippen molar-refractivity contribution in [2.24, 2.45) is 11.8 Å². The van der Waals surface area contributed by atoms with Gasteiger partial charge in [0.2, 0.25) is 24.5 Å². The van der Waals surface area contributed by atoms with Gasteiger partial charge >= 0.3 is 0 Å². The molecule has 4 heterocycles. The summed E-state index contributed by atoms with van der Waals surface area (Å²) in [6, 6.07) is 8.62. The Kier molecular flexibility index (Phi) is 5.80. The van der Waals surface area contributed by atoms with Gasteiger partial charge < -0.3 is 24.6 Å². The zero-order valence-electron chi connectivity index (χ0n) is 17.8. The van der Waals surface area contributed by atoms with E-state index in [0.717, 1.165) is 6.42 Å². The zero-order chi connectivity index (χ0) is 22.9. The molecule has 10 heteroatoms. The molecule has 1 aromatic carbocycles. The van der Waals surface area contributed by atoms with Gasteiger partial charge in [0.05, 0.1) is 16.9 Å². The predicted octanol–water partition coefficient (Wildman–Crippen LogP) is 2.69. The molecule has 2 saturated heterocycles. The van der Waals surface area contributed by atoms with Crippen LogP contribution in [0.25, 0.3) is 0 Å². The van der Waals surface area contributed by atoms with Crippen LogP contribution in [-0.4, -0.2) is 54.0 Å². The van der Waals surface area contributed by atoms with Crippen molar-refractivity contribution in [1.29, 1.82) is 0 Å². The van der Waals surface area contributed by atoms with Crippen LogP contribution in [0, 0.1) is 11.8 Å². The summed E-state index contributed by atoms with van der Waals surface area (Å²) in [4.78, 5) is 46.0. The van der Waals surface area contributed by atoms with Gasteiger partial charge in [0, 0.05) is 44.0 Å². The molecule has 2 aromatic rings. The number of hydrogen-bond donors (Lipinski definition) is 1. The van der Waals surface area contributed by atoms with Crippen LogP contribution in [-0.2, 0) is 14.4 Å². The molecule has 33 heavy (non-hydrogen) atoms. The number of aromatic nitrogens is 1. The van der Waals surface area contributed by atoms with E-state index < -0.39 is 5.92 Å². The van der Waals surface area contributed by atoms with Crippen molar-refractivity contribution < 1.29 is 23.9 Å². The van der Waals surface area contributed by atoms with Crippen LogP contribution in [0.5, 0.6) is 11.5 Å². The van der Waals surface area contributed by atoms with Crippen LogP contribution < -0.4 is 19.7 Å². The van der Waals surface area contributed by atoms with Crippen molar-refractivity contribution in [3.8, 4) is 11.5 Å². The molecule has 0 spiro atoms. The predicted molar refractivity (Wildman–Crippen MR) is 120 cm³/mol. The number of carbonyl (C=O) groups is 3. The number of fused-ring (bicyclic) bond motifs is 1. The molecule has 1 aromatic heterocycles. The summed E-state index contributed by atoms with van der Waals surface area (Å²) in [5, 5.41) is 3.28. The van der Waals surface area contributed by atoms with E-state index in [2.05, 4.69) is 10.3 Å². The minimum absolute atomic E-state index is 0.0892. The Morgan fingerprint density at radius 1 is 1.09 bits per heavy atom. The van der Waals surface area contributed by atoms with Gasteiger partial charge in [-0.3, -0.25) is 14.4 Å². The molecule has 3 aliphatic rings. The third kappa shape index (κ3) is 4.45. The average Bonchev–Trinajstić information content (AvgIpc) is 3.46. The molecule has 2 fully saturated rings. The van der Waals surface area contributed by atoms with Crippen molar-refractivity contribution in [2.75, 3.05) is 36.6 Å². The fraction of sp³-hybridized carbons (Fsp3) is 0.391. The molecule has 2 atom stereocenters. The molecule has 0 saturated carbocycles. The highest BCUT2D eigenvalue weighted by atomic mass is 35.5. The number of nitrogens with zero attached hydrogens (tertiary/aromatic N) is 3. The van der Waals surface area contributed by atoms with Crippen LogP contribution in [0.3, 0.4) is 0 Å². The number of nitrogens with one attached hydrogen (secondary N) is 1. The second-order valence-corrected chi connectivity index (χ2v) is 8.85.